The van der Waals surface area contributed by atoms with E-state index in [0.29, 0.717) is 12.5 Å². The molecule has 4 nitrogen and oxygen atoms in total. The van der Waals surface area contributed by atoms with Crippen LogP contribution in [0.1, 0.15) is 13.3 Å². The summed E-state index contributed by atoms with van der Waals surface area (Å²) in [5.41, 5.74) is -0.227. The molecule has 2 atom stereocenters. The molecule has 1 fully saturated rings. The Morgan fingerprint density at radius 3 is 2.93 bits per heavy atom. The summed E-state index contributed by atoms with van der Waals surface area (Å²) in [5.74, 6) is 0.407. The van der Waals surface area contributed by atoms with E-state index < -0.39 is 0 Å². The summed E-state index contributed by atoms with van der Waals surface area (Å²) in [6.07, 6.45) is 1.02. The van der Waals surface area contributed by atoms with Crippen LogP contribution >= 0.6 is 0 Å². The first-order valence-electron chi connectivity index (χ1n) is 5.15. The van der Waals surface area contributed by atoms with Gasteiger partial charge >= 0.3 is 0 Å². The quantitative estimate of drug-likeness (QED) is 0.597. The highest BCUT2D eigenvalue weighted by Gasteiger charge is 2.35. The molecule has 0 amide bonds. The number of nitrogens with one attached hydrogen (secondary N) is 1. The minimum Gasteiger partial charge on any atom is -0.394 e. The van der Waals surface area contributed by atoms with Crippen molar-refractivity contribution in [2.24, 2.45) is 5.92 Å². The second-order valence-corrected chi connectivity index (χ2v) is 4.06. The summed E-state index contributed by atoms with van der Waals surface area (Å²) in [6, 6.07) is 0. The Morgan fingerprint density at radius 2 is 2.43 bits per heavy atom. The Kier molecular flexibility index (Phi) is 4.81. The van der Waals surface area contributed by atoms with E-state index >= 15 is 0 Å². The SMILES string of the molecule is COCCNC(C)(CO)C1CCOC1. The second kappa shape index (κ2) is 5.66. The fourth-order valence-corrected chi connectivity index (χ4v) is 1.81. The molecular formula is C10H21NO3. The summed E-state index contributed by atoms with van der Waals surface area (Å²) < 4.78 is 10.3. The summed E-state index contributed by atoms with van der Waals surface area (Å²) >= 11 is 0. The molecule has 1 aliphatic rings. The average Bonchev–Trinajstić information content (AvgIpc) is 2.71. The number of hydrogen-bond acceptors (Lipinski definition) is 4. The number of hydrogen-bond donors (Lipinski definition) is 2. The molecule has 0 aromatic heterocycles. The van der Waals surface area contributed by atoms with E-state index in [1.165, 1.54) is 0 Å². The predicted molar refractivity (Wildman–Crippen MR) is 54.3 cm³/mol. The fourth-order valence-electron chi connectivity index (χ4n) is 1.81. The molecule has 0 bridgehead atoms. The maximum Gasteiger partial charge on any atom is 0.0614 e. The molecule has 2 unspecified atom stereocenters. The van der Waals surface area contributed by atoms with E-state index in [-0.39, 0.29) is 12.1 Å². The average molecular weight is 203 g/mol. The van der Waals surface area contributed by atoms with Crippen LogP contribution in [0.25, 0.3) is 0 Å². The summed E-state index contributed by atoms with van der Waals surface area (Å²) in [7, 11) is 1.68. The minimum absolute atomic E-state index is 0.144. The monoisotopic (exact) mass is 203 g/mol. The van der Waals surface area contributed by atoms with Crippen LogP contribution in [0.3, 0.4) is 0 Å². The lowest BCUT2D eigenvalue weighted by Gasteiger charge is -2.34. The molecule has 1 aliphatic heterocycles. The number of rotatable bonds is 6. The van der Waals surface area contributed by atoms with Crippen molar-refractivity contribution in [2.45, 2.75) is 18.9 Å². The molecule has 0 aliphatic carbocycles. The van der Waals surface area contributed by atoms with Crippen molar-refractivity contribution in [1.29, 1.82) is 0 Å². The Bertz CT molecular complexity index is 159. The molecule has 4 heteroatoms. The van der Waals surface area contributed by atoms with E-state index in [4.69, 9.17) is 9.47 Å². The molecule has 14 heavy (non-hydrogen) atoms. The smallest absolute Gasteiger partial charge is 0.0614 e. The molecule has 1 saturated heterocycles. The van der Waals surface area contributed by atoms with Crippen molar-refractivity contribution < 1.29 is 14.6 Å². The molecule has 0 saturated carbocycles. The third-order valence-electron chi connectivity index (χ3n) is 2.99. The molecule has 0 aromatic rings. The van der Waals surface area contributed by atoms with Crippen molar-refractivity contribution in [3.8, 4) is 0 Å². The Labute approximate surface area is 85.6 Å². The Balaban J connectivity index is 2.38. The lowest BCUT2D eigenvalue weighted by Crippen LogP contribution is -2.53. The van der Waals surface area contributed by atoms with Crippen LogP contribution in [-0.4, -0.2) is 50.7 Å². The highest BCUT2D eigenvalue weighted by atomic mass is 16.5. The topological polar surface area (TPSA) is 50.7 Å². The van der Waals surface area contributed by atoms with Crippen molar-refractivity contribution in [1.82, 2.24) is 5.32 Å². The first-order valence-corrected chi connectivity index (χ1v) is 5.15. The van der Waals surface area contributed by atoms with E-state index in [0.717, 1.165) is 26.2 Å². The summed E-state index contributed by atoms with van der Waals surface area (Å²) in [4.78, 5) is 0. The van der Waals surface area contributed by atoms with Gasteiger partial charge < -0.3 is 19.9 Å². The standard InChI is InChI=1S/C10H21NO3/c1-10(8-12,11-4-6-13-2)9-3-5-14-7-9/h9,11-12H,3-8H2,1-2H3. The molecule has 0 spiro atoms. The van der Waals surface area contributed by atoms with Crippen LogP contribution in [-0.2, 0) is 9.47 Å². The van der Waals surface area contributed by atoms with Gasteiger partial charge in [-0.25, -0.2) is 0 Å². The van der Waals surface area contributed by atoms with Gasteiger partial charge in [0.05, 0.1) is 19.8 Å². The first kappa shape index (κ1) is 11.9. The van der Waals surface area contributed by atoms with Gasteiger partial charge in [0.15, 0.2) is 0 Å². The van der Waals surface area contributed by atoms with E-state index in [9.17, 15) is 5.11 Å². The number of ether oxygens (including phenoxy) is 2. The maximum atomic E-state index is 9.39. The van der Waals surface area contributed by atoms with E-state index in [1.807, 2.05) is 6.92 Å². The van der Waals surface area contributed by atoms with Gasteiger partial charge in [0.2, 0.25) is 0 Å². The number of aliphatic hydroxyl groups excluding tert-OH is 1. The molecule has 2 N–H and O–H groups in total. The molecule has 84 valence electrons. The Morgan fingerprint density at radius 1 is 1.64 bits per heavy atom. The zero-order valence-corrected chi connectivity index (χ0v) is 9.08. The first-order chi connectivity index (χ1) is 6.73. The number of aliphatic hydroxyl groups is 1. The summed E-state index contributed by atoms with van der Waals surface area (Å²) in [5, 5.41) is 12.7. The largest absolute Gasteiger partial charge is 0.394 e. The van der Waals surface area contributed by atoms with E-state index in [2.05, 4.69) is 5.32 Å². The van der Waals surface area contributed by atoms with Crippen LogP contribution in [0, 0.1) is 5.92 Å². The molecular weight excluding hydrogens is 182 g/mol. The fraction of sp³-hybridized carbons (Fsp3) is 1.00. The minimum atomic E-state index is -0.227. The highest BCUT2D eigenvalue weighted by molar-refractivity contribution is 4.91. The van der Waals surface area contributed by atoms with Crippen LogP contribution in [0.2, 0.25) is 0 Å². The number of methoxy groups -OCH3 is 1. The van der Waals surface area contributed by atoms with Crippen LogP contribution in [0.15, 0.2) is 0 Å². The zero-order valence-electron chi connectivity index (χ0n) is 9.08. The molecule has 1 rings (SSSR count). The van der Waals surface area contributed by atoms with Gasteiger partial charge in [0.1, 0.15) is 0 Å². The van der Waals surface area contributed by atoms with Gasteiger partial charge in [0.25, 0.3) is 0 Å². The van der Waals surface area contributed by atoms with E-state index in [1.54, 1.807) is 7.11 Å². The van der Waals surface area contributed by atoms with Crippen molar-refractivity contribution in [2.75, 3.05) is 40.1 Å². The lowest BCUT2D eigenvalue weighted by molar-refractivity contribution is 0.0911. The van der Waals surface area contributed by atoms with Gasteiger partial charge in [-0.2, -0.15) is 0 Å². The molecule has 1 heterocycles. The zero-order chi connectivity index (χ0) is 10.4. The lowest BCUT2D eigenvalue weighted by atomic mass is 9.85. The van der Waals surface area contributed by atoms with Gasteiger partial charge in [-0.3, -0.25) is 0 Å². The van der Waals surface area contributed by atoms with Crippen LogP contribution in [0.4, 0.5) is 0 Å². The van der Waals surface area contributed by atoms with Gasteiger partial charge in [0, 0.05) is 31.7 Å². The summed E-state index contributed by atoms with van der Waals surface area (Å²) in [6.45, 7) is 5.18. The van der Waals surface area contributed by atoms with Crippen molar-refractivity contribution in [3.63, 3.8) is 0 Å². The van der Waals surface area contributed by atoms with Crippen LogP contribution in [0.5, 0.6) is 0 Å². The third kappa shape index (κ3) is 2.92. The second-order valence-electron chi connectivity index (χ2n) is 4.06. The highest BCUT2D eigenvalue weighted by Crippen LogP contribution is 2.25. The Hall–Kier alpha value is -0.160. The van der Waals surface area contributed by atoms with Crippen molar-refractivity contribution in [3.05, 3.63) is 0 Å². The molecule has 0 radical (unpaired) electrons. The maximum absolute atomic E-state index is 9.39. The predicted octanol–water partition coefficient (Wildman–Crippen LogP) is 0.00990. The van der Waals surface area contributed by atoms with Gasteiger partial charge in [-0.05, 0) is 13.3 Å². The third-order valence-corrected chi connectivity index (χ3v) is 2.99. The normalized spacial score (nSPS) is 26.4. The molecule has 0 aromatic carbocycles. The van der Waals surface area contributed by atoms with Crippen molar-refractivity contribution >= 4 is 0 Å². The van der Waals surface area contributed by atoms with Gasteiger partial charge in [-0.15, -0.1) is 0 Å². The van der Waals surface area contributed by atoms with Gasteiger partial charge in [-0.1, -0.05) is 0 Å². The van der Waals surface area contributed by atoms with Crippen LogP contribution < -0.4 is 5.32 Å².